The van der Waals surface area contributed by atoms with Gasteiger partial charge in [0.25, 0.3) is 0 Å². The molecule has 0 radical (unpaired) electrons. The third-order valence-electron chi connectivity index (χ3n) is 4.31. The largest absolute Gasteiger partial charge is 0.416 e. The lowest BCUT2D eigenvalue weighted by Crippen LogP contribution is -2.34. The summed E-state index contributed by atoms with van der Waals surface area (Å²) >= 11 is 0. The average molecular weight is 373 g/mol. The Labute approximate surface area is 143 Å². The van der Waals surface area contributed by atoms with E-state index in [0.29, 0.717) is 6.42 Å². The molecule has 25 heavy (non-hydrogen) atoms. The Morgan fingerprint density at radius 1 is 1.28 bits per heavy atom. The third kappa shape index (κ3) is 4.40. The standard InChI is InChI=1S/C16H18F3N3O2S/c17-16(18,19)14-4-2-1-3-13(14)11-25(23,24)21-10-12-5-7-22-8-6-20-15(22)9-12/h1-4,6,8,12,21H,5,7,9-11H2/t12-/m0/s1. The molecule has 1 aromatic heterocycles. The molecule has 0 saturated heterocycles. The summed E-state index contributed by atoms with van der Waals surface area (Å²) in [5, 5.41) is 0. The van der Waals surface area contributed by atoms with Crippen LogP contribution in [-0.2, 0) is 34.9 Å². The molecule has 0 amide bonds. The number of sulfonamides is 1. The fourth-order valence-electron chi connectivity index (χ4n) is 3.01. The zero-order valence-corrected chi connectivity index (χ0v) is 14.1. The maximum atomic E-state index is 13.0. The number of nitrogens with zero attached hydrogens (tertiary/aromatic N) is 2. The van der Waals surface area contributed by atoms with E-state index >= 15 is 0 Å². The van der Waals surface area contributed by atoms with E-state index in [1.165, 1.54) is 18.2 Å². The quantitative estimate of drug-likeness (QED) is 0.876. The first-order valence-corrected chi connectivity index (χ1v) is 9.52. The Morgan fingerprint density at radius 3 is 2.80 bits per heavy atom. The van der Waals surface area contributed by atoms with Crippen LogP contribution in [0.1, 0.15) is 23.4 Å². The van der Waals surface area contributed by atoms with Crippen LogP contribution in [0.4, 0.5) is 13.2 Å². The number of hydrogen-bond acceptors (Lipinski definition) is 3. The monoisotopic (exact) mass is 373 g/mol. The summed E-state index contributed by atoms with van der Waals surface area (Å²) in [5.41, 5.74) is -1.17. The molecule has 1 aliphatic rings. The van der Waals surface area contributed by atoms with Gasteiger partial charge in [-0.1, -0.05) is 18.2 Å². The van der Waals surface area contributed by atoms with Crippen molar-refractivity contribution < 1.29 is 21.6 Å². The minimum absolute atomic E-state index is 0.0857. The molecule has 136 valence electrons. The minimum atomic E-state index is -4.58. The van der Waals surface area contributed by atoms with Gasteiger partial charge in [0.05, 0.1) is 11.3 Å². The number of imidazole rings is 1. The number of alkyl halides is 3. The highest BCUT2D eigenvalue weighted by atomic mass is 32.2. The lowest BCUT2D eigenvalue weighted by Gasteiger charge is -2.23. The van der Waals surface area contributed by atoms with Crippen LogP contribution in [-0.4, -0.2) is 24.5 Å². The molecule has 2 aromatic rings. The van der Waals surface area contributed by atoms with Crippen molar-refractivity contribution >= 4 is 10.0 Å². The fourth-order valence-corrected chi connectivity index (χ4v) is 4.27. The second kappa shape index (κ2) is 6.80. The van der Waals surface area contributed by atoms with Crippen molar-refractivity contribution in [2.24, 2.45) is 5.92 Å². The highest BCUT2D eigenvalue weighted by molar-refractivity contribution is 7.88. The van der Waals surface area contributed by atoms with Crippen molar-refractivity contribution in [3.63, 3.8) is 0 Å². The van der Waals surface area contributed by atoms with Crippen LogP contribution in [0.2, 0.25) is 0 Å². The van der Waals surface area contributed by atoms with Crippen LogP contribution < -0.4 is 4.72 Å². The summed E-state index contributed by atoms with van der Waals surface area (Å²) in [4.78, 5) is 4.22. The summed E-state index contributed by atoms with van der Waals surface area (Å²) in [6.45, 7) is 0.960. The maximum absolute atomic E-state index is 13.0. The number of aryl methyl sites for hydroxylation is 1. The molecular weight excluding hydrogens is 355 g/mol. The summed E-state index contributed by atoms with van der Waals surface area (Å²) in [7, 11) is -3.86. The van der Waals surface area contributed by atoms with Gasteiger partial charge in [-0.2, -0.15) is 13.2 Å². The molecule has 0 spiro atoms. The van der Waals surface area contributed by atoms with Crippen molar-refractivity contribution in [2.75, 3.05) is 6.54 Å². The Balaban J connectivity index is 1.64. The SMILES string of the molecule is O=S(=O)(Cc1ccccc1C(F)(F)F)NC[C@H]1CCn2ccnc2C1. The average Bonchev–Trinajstić information content (AvgIpc) is 3.00. The molecule has 0 fully saturated rings. The summed E-state index contributed by atoms with van der Waals surface area (Å²) in [6, 6.07) is 4.74. The van der Waals surface area contributed by atoms with Crippen molar-refractivity contribution in [1.82, 2.24) is 14.3 Å². The number of aromatic nitrogens is 2. The summed E-state index contributed by atoms with van der Waals surface area (Å²) in [6.07, 6.45) is 0.450. The zero-order valence-electron chi connectivity index (χ0n) is 13.3. The van der Waals surface area contributed by atoms with Gasteiger partial charge in [-0.3, -0.25) is 0 Å². The van der Waals surface area contributed by atoms with Crippen molar-refractivity contribution in [1.29, 1.82) is 0 Å². The minimum Gasteiger partial charge on any atom is -0.335 e. The molecular formula is C16H18F3N3O2S. The van der Waals surface area contributed by atoms with Crippen LogP contribution in [0, 0.1) is 5.92 Å². The van der Waals surface area contributed by atoms with Crippen LogP contribution in [0.25, 0.3) is 0 Å². The smallest absolute Gasteiger partial charge is 0.335 e. The molecule has 5 nitrogen and oxygen atoms in total. The van der Waals surface area contributed by atoms with Gasteiger partial charge in [0.2, 0.25) is 10.0 Å². The topological polar surface area (TPSA) is 64.0 Å². The van der Waals surface area contributed by atoms with Gasteiger partial charge < -0.3 is 4.57 Å². The number of hydrogen-bond donors (Lipinski definition) is 1. The van der Waals surface area contributed by atoms with Gasteiger partial charge in [0, 0.05) is 31.9 Å². The Morgan fingerprint density at radius 2 is 2.04 bits per heavy atom. The molecule has 0 saturated carbocycles. The molecule has 9 heteroatoms. The first-order chi connectivity index (χ1) is 11.7. The van der Waals surface area contributed by atoms with Crippen molar-refractivity contribution in [3.05, 3.63) is 53.6 Å². The van der Waals surface area contributed by atoms with E-state index in [1.54, 1.807) is 6.20 Å². The Bertz CT molecular complexity index is 846. The summed E-state index contributed by atoms with van der Waals surface area (Å²) < 4.78 is 67.9. The second-order valence-corrected chi connectivity index (χ2v) is 7.96. The molecule has 1 aliphatic heterocycles. The Hall–Kier alpha value is -1.87. The number of rotatable bonds is 5. The van der Waals surface area contributed by atoms with E-state index in [1.807, 2.05) is 10.8 Å². The lowest BCUT2D eigenvalue weighted by molar-refractivity contribution is -0.138. The molecule has 0 bridgehead atoms. The molecule has 1 N–H and O–H groups in total. The highest BCUT2D eigenvalue weighted by Crippen LogP contribution is 2.32. The molecule has 1 aromatic carbocycles. The van der Waals surface area contributed by atoms with E-state index in [-0.39, 0.29) is 18.0 Å². The first-order valence-electron chi connectivity index (χ1n) is 7.87. The van der Waals surface area contributed by atoms with Crippen LogP contribution in [0.5, 0.6) is 0 Å². The van der Waals surface area contributed by atoms with Gasteiger partial charge in [0.1, 0.15) is 5.82 Å². The predicted octanol–water partition coefficient (Wildman–Crippen LogP) is 2.58. The van der Waals surface area contributed by atoms with Gasteiger partial charge >= 0.3 is 6.18 Å². The van der Waals surface area contributed by atoms with E-state index in [4.69, 9.17) is 0 Å². The number of nitrogens with one attached hydrogen (secondary N) is 1. The van der Waals surface area contributed by atoms with Crippen LogP contribution in [0.3, 0.4) is 0 Å². The van der Waals surface area contributed by atoms with Gasteiger partial charge in [-0.25, -0.2) is 18.1 Å². The summed E-state index contributed by atoms with van der Waals surface area (Å²) in [5.74, 6) is 0.296. The number of halogens is 3. The Kier molecular flexibility index (Phi) is 4.88. The lowest BCUT2D eigenvalue weighted by atomic mass is 9.98. The van der Waals surface area contributed by atoms with Crippen LogP contribution >= 0.6 is 0 Å². The van der Waals surface area contributed by atoms with Gasteiger partial charge in [-0.15, -0.1) is 0 Å². The highest BCUT2D eigenvalue weighted by Gasteiger charge is 2.34. The zero-order chi connectivity index (χ0) is 18.1. The molecule has 1 atom stereocenters. The van der Waals surface area contributed by atoms with E-state index in [0.717, 1.165) is 24.9 Å². The molecule has 2 heterocycles. The number of fused-ring (bicyclic) bond motifs is 1. The van der Waals surface area contributed by atoms with E-state index < -0.39 is 27.5 Å². The first kappa shape index (κ1) is 17.9. The van der Waals surface area contributed by atoms with Crippen molar-refractivity contribution in [2.45, 2.75) is 31.3 Å². The van der Waals surface area contributed by atoms with E-state index in [2.05, 4.69) is 9.71 Å². The maximum Gasteiger partial charge on any atom is 0.416 e. The van der Waals surface area contributed by atoms with E-state index in [9.17, 15) is 21.6 Å². The second-order valence-electron chi connectivity index (χ2n) is 6.16. The van der Waals surface area contributed by atoms with Gasteiger partial charge in [0.15, 0.2) is 0 Å². The van der Waals surface area contributed by atoms with Crippen LogP contribution in [0.15, 0.2) is 36.7 Å². The number of benzene rings is 1. The van der Waals surface area contributed by atoms with Gasteiger partial charge in [-0.05, 0) is 24.0 Å². The fraction of sp³-hybridized carbons (Fsp3) is 0.438. The molecule has 3 rings (SSSR count). The molecule has 0 aliphatic carbocycles. The molecule has 0 unspecified atom stereocenters. The predicted molar refractivity (Wildman–Crippen MR) is 86.1 cm³/mol. The normalized spacial score (nSPS) is 18.1. The van der Waals surface area contributed by atoms with Crippen molar-refractivity contribution in [3.8, 4) is 0 Å². The third-order valence-corrected chi connectivity index (χ3v) is 5.61.